The minimum Gasteiger partial charge on any atom is -0.480 e. The van der Waals surface area contributed by atoms with Gasteiger partial charge in [-0.25, -0.2) is 4.79 Å². The van der Waals surface area contributed by atoms with Crippen molar-refractivity contribution in [1.82, 2.24) is 16.0 Å². The molecule has 0 fully saturated rings. The van der Waals surface area contributed by atoms with E-state index in [0.29, 0.717) is 19.4 Å². The van der Waals surface area contributed by atoms with E-state index < -0.39 is 54.0 Å². The first-order valence-electron chi connectivity index (χ1n) is 10.4. The van der Waals surface area contributed by atoms with Crippen molar-refractivity contribution in [2.24, 2.45) is 28.1 Å². The maximum Gasteiger partial charge on any atom is 0.328 e. The second kappa shape index (κ2) is 14.2. The van der Waals surface area contributed by atoms with Crippen LogP contribution in [0.1, 0.15) is 47.0 Å². The van der Waals surface area contributed by atoms with Gasteiger partial charge in [-0.3, -0.25) is 19.4 Å². The number of rotatable bonds is 14. The first-order chi connectivity index (χ1) is 14.8. The summed E-state index contributed by atoms with van der Waals surface area (Å²) in [7, 11) is 0. The molecular weight excluding hydrogens is 422 g/mol. The van der Waals surface area contributed by atoms with Gasteiger partial charge in [-0.05, 0) is 39.0 Å². The SMILES string of the molecule is CC(C)CC(NC(=O)C(N)CCCN=C(N)N)C(=O)NC(C)C(=O)NC(C(=O)O)C(C)O. The molecule has 0 rings (SSSR count). The third-order valence-corrected chi connectivity index (χ3v) is 4.44. The highest BCUT2D eigenvalue weighted by Crippen LogP contribution is 2.07. The second-order valence-corrected chi connectivity index (χ2v) is 8.04. The Morgan fingerprint density at radius 1 is 0.938 bits per heavy atom. The number of aliphatic imine (C=N–C) groups is 1. The van der Waals surface area contributed by atoms with Crippen molar-refractivity contribution < 1.29 is 29.4 Å². The van der Waals surface area contributed by atoms with Crippen LogP contribution in [-0.2, 0) is 19.2 Å². The predicted molar refractivity (Wildman–Crippen MR) is 118 cm³/mol. The molecule has 0 aromatic heterocycles. The molecule has 32 heavy (non-hydrogen) atoms. The molecule has 0 aliphatic carbocycles. The van der Waals surface area contributed by atoms with Crippen LogP contribution in [0.25, 0.3) is 0 Å². The van der Waals surface area contributed by atoms with E-state index in [9.17, 15) is 24.3 Å². The number of amides is 3. The molecule has 0 spiro atoms. The largest absolute Gasteiger partial charge is 0.480 e. The molecule has 0 aromatic carbocycles. The summed E-state index contributed by atoms with van der Waals surface area (Å²) in [4.78, 5) is 52.3. The summed E-state index contributed by atoms with van der Waals surface area (Å²) < 4.78 is 0. The van der Waals surface area contributed by atoms with Gasteiger partial charge in [0.05, 0.1) is 12.1 Å². The number of guanidine groups is 1. The molecule has 11 N–H and O–H groups in total. The lowest BCUT2D eigenvalue weighted by Crippen LogP contribution is -2.57. The number of nitrogens with two attached hydrogens (primary N) is 3. The van der Waals surface area contributed by atoms with Crippen LogP contribution in [0.2, 0.25) is 0 Å². The Bertz CT molecular complexity index is 679. The van der Waals surface area contributed by atoms with Gasteiger partial charge in [0.2, 0.25) is 17.7 Å². The standard InChI is InChI=1S/C19H37N7O6/c1-9(2)8-13(25-16(29)12(20)6-5-7-23-19(21)22)17(30)24-10(3)15(28)26-14(11(4)27)18(31)32/h9-14,27H,5-8,20H2,1-4H3,(H,24,30)(H,25,29)(H,26,28)(H,31,32)(H4,21,22,23). The highest BCUT2D eigenvalue weighted by molar-refractivity contribution is 5.94. The molecule has 13 nitrogen and oxygen atoms in total. The van der Waals surface area contributed by atoms with Crippen molar-refractivity contribution in [3.63, 3.8) is 0 Å². The highest BCUT2D eigenvalue weighted by Gasteiger charge is 2.30. The summed E-state index contributed by atoms with van der Waals surface area (Å²) in [6.07, 6.45) is -0.273. The average molecular weight is 460 g/mol. The van der Waals surface area contributed by atoms with Crippen molar-refractivity contribution in [1.29, 1.82) is 0 Å². The zero-order valence-corrected chi connectivity index (χ0v) is 19.0. The van der Waals surface area contributed by atoms with E-state index in [4.69, 9.17) is 22.3 Å². The number of aliphatic hydroxyl groups is 1. The molecular formula is C19H37N7O6. The summed E-state index contributed by atoms with van der Waals surface area (Å²) in [6, 6.07) is -4.46. The maximum atomic E-state index is 12.7. The van der Waals surface area contributed by atoms with Crippen LogP contribution in [-0.4, -0.2) is 76.7 Å². The van der Waals surface area contributed by atoms with Gasteiger partial charge in [-0.15, -0.1) is 0 Å². The summed E-state index contributed by atoms with van der Waals surface area (Å²) in [6.45, 7) is 6.61. The van der Waals surface area contributed by atoms with Gasteiger partial charge < -0.3 is 43.4 Å². The van der Waals surface area contributed by atoms with Crippen molar-refractivity contribution >= 4 is 29.7 Å². The van der Waals surface area contributed by atoms with Crippen LogP contribution in [0.4, 0.5) is 0 Å². The Labute approximate surface area is 187 Å². The normalized spacial score (nSPS) is 15.6. The number of hydrogen-bond donors (Lipinski definition) is 8. The molecule has 0 saturated heterocycles. The fourth-order valence-electron chi connectivity index (χ4n) is 2.68. The van der Waals surface area contributed by atoms with Crippen molar-refractivity contribution in [3.8, 4) is 0 Å². The number of nitrogens with one attached hydrogen (secondary N) is 3. The predicted octanol–water partition coefficient (Wildman–Crippen LogP) is -2.65. The Hall–Kier alpha value is -2.93. The molecule has 0 aromatic rings. The lowest BCUT2D eigenvalue weighted by atomic mass is 10.0. The van der Waals surface area contributed by atoms with E-state index in [-0.39, 0.29) is 18.3 Å². The molecule has 3 amide bonds. The van der Waals surface area contributed by atoms with E-state index in [1.807, 2.05) is 13.8 Å². The Balaban J connectivity index is 4.99. The number of carbonyl (C=O) groups excluding carboxylic acids is 3. The monoisotopic (exact) mass is 459 g/mol. The summed E-state index contributed by atoms with van der Waals surface area (Å²) in [5.74, 6) is -3.37. The van der Waals surface area contributed by atoms with Gasteiger partial charge in [0.25, 0.3) is 0 Å². The number of aliphatic hydroxyl groups excluding tert-OH is 1. The molecule has 5 atom stereocenters. The van der Waals surface area contributed by atoms with Gasteiger partial charge in [0.15, 0.2) is 12.0 Å². The van der Waals surface area contributed by atoms with Crippen LogP contribution in [0.3, 0.4) is 0 Å². The van der Waals surface area contributed by atoms with Gasteiger partial charge in [0, 0.05) is 6.54 Å². The topological polar surface area (TPSA) is 235 Å². The number of nitrogens with zero attached hydrogens (tertiary/aromatic N) is 1. The zero-order valence-electron chi connectivity index (χ0n) is 19.0. The van der Waals surface area contributed by atoms with E-state index in [2.05, 4.69) is 20.9 Å². The van der Waals surface area contributed by atoms with E-state index >= 15 is 0 Å². The average Bonchev–Trinajstić information content (AvgIpc) is 2.67. The van der Waals surface area contributed by atoms with Crippen molar-refractivity contribution in [2.75, 3.05) is 6.54 Å². The van der Waals surface area contributed by atoms with E-state index in [1.165, 1.54) is 13.8 Å². The van der Waals surface area contributed by atoms with E-state index in [1.54, 1.807) is 0 Å². The summed E-state index contributed by atoms with van der Waals surface area (Å²) in [5, 5.41) is 25.7. The van der Waals surface area contributed by atoms with Crippen molar-refractivity contribution in [3.05, 3.63) is 0 Å². The smallest absolute Gasteiger partial charge is 0.328 e. The Morgan fingerprint density at radius 2 is 1.53 bits per heavy atom. The zero-order chi connectivity index (χ0) is 25.0. The minimum atomic E-state index is -1.52. The highest BCUT2D eigenvalue weighted by atomic mass is 16.4. The number of carboxylic acid groups (broad SMARTS) is 1. The molecule has 0 aliphatic rings. The van der Waals surface area contributed by atoms with Gasteiger partial charge in [-0.1, -0.05) is 13.8 Å². The lowest BCUT2D eigenvalue weighted by molar-refractivity contribution is -0.145. The maximum absolute atomic E-state index is 12.7. The number of aliphatic carboxylic acids is 1. The lowest BCUT2D eigenvalue weighted by Gasteiger charge is -2.25. The molecule has 0 aliphatic heterocycles. The summed E-state index contributed by atoms with van der Waals surface area (Å²) >= 11 is 0. The van der Waals surface area contributed by atoms with Crippen LogP contribution in [0.5, 0.6) is 0 Å². The van der Waals surface area contributed by atoms with Gasteiger partial charge in [-0.2, -0.15) is 0 Å². The van der Waals surface area contributed by atoms with Crippen LogP contribution in [0, 0.1) is 5.92 Å². The summed E-state index contributed by atoms with van der Waals surface area (Å²) in [5.41, 5.74) is 16.3. The molecule has 184 valence electrons. The molecule has 5 unspecified atom stereocenters. The first kappa shape index (κ1) is 29.1. The van der Waals surface area contributed by atoms with Crippen LogP contribution < -0.4 is 33.2 Å². The fraction of sp³-hybridized carbons (Fsp3) is 0.737. The van der Waals surface area contributed by atoms with E-state index in [0.717, 1.165) is 0 Å². The first-order valence-corrected chi connectivity index (χ1v) is 10.4. The molecule has 13 heteroatoms. The fourth-order valence-corrected chi connectivity index (χ4v) is 2.68. The second-order valence-electron chi connectivity index (χ2n) is 8.04. The molecule has 0 radical (unpaired) electrons. The number of hydrogen-bond acceptors (Lipinski definition) is 7. The third kappa shape index (κ3) is 11.5. The molecule has 0 bridgehead atoms. The minimum absolute atomic E-state index is 0.0416. The van der Waals surface area contributed by atoms with Crippen molar-refractivity contribution in [2.45, 2.75) is 77.2 Å². The Morgan fingerprint density at radius 3 is 2.00 bits per heavy atom. The Kier molecular flexibility index (Phi) is 12.9. The van der Waals surface area contributed by atoms with Gasteiger partial charge >= 0.3 is 5.97 Å². The van der Waals surface area contributed by atoms with Crippen LogP contribution in [0.15, 0.2) is 4.99 Å². The number of carboxylic acids is 1. The van der Waals surface area contributed by atoms with Crippen LogP contribution >= 0.6 is 0 Å². The third-order valence-electron chi connectivity index (χ3n) is 4.44. The molecule has 0 heterocycles. The molecule has 0 saturated carbocycles. The number of carbonyl (C=O) groups is 4. The van der Waals surface area contributed by atoms with Gasteiger partial charge in [0.1, 0.15) is 12.1 Å². The quantitative estimate of drug-likeness (QED) is 0.0768.